The minimum absolute atomic E-state index is 0.0692. The van der Waals surface area contributed by atoms with Crippen LogP contribution in [0.3, 0.4) is 0 Å². The van der Waals surface area contributed by atoms with Gasteiger partial charge in [-0.25, -0.2) is 4.79 Å². The van der Waals surface area contributed by atoms with Crippen molar-refractivity contribution in [3.05, 3.63) is 29.3 Å². The Kier molecular flexibility index (Phi) is 5.49. The fourth-order valence-electron chi connectivity index (χ4n) is 1.99. The first-order chi connectivity index (χ1) is 8.60. The molecule has 0 bridgehead atoms. The summed E-state index contributed by atoms with van der Waals surface area (Å²) in [4.78, 5) is 10.9. The number of carbonyl (C=O) groups is 1. The second-order valence-corrected chi connectivity index (χ2v) is 4.32. The Morgan fingerprint density at radius 3 is 2.67 bits per heavy atom. The Bertz CT molecular complexity index is 405. The number of nitrogens with one attached hydrogen (secondary N) is 1. The van der Waals surface area contributed by atoms with Crippen LogP contribution in [0.25, 0.3) is 0 Å². The summed E-state index contributed by atoms with van der Waals surface area (Å²) in [6, 6.07) is 5.78. The molecule has 100 valence electrons. The molecule has 1 unspecified atom stereocenters. The van der Waals surface area contributed by atoms with Crippen LogP contribution >= 0.6 is 0 Å². The summed E-state index contributed by atoms with van der Waals surface area (Å²) in [5.41, 5.74) is 7.48. The van der Waals surface area contributed by atoms with Crippen molar-refractivity contribution in [2.24, 2.45) is 5.73 Å². The van der Waals surface area contributed by atoms with Crippen LogP contribution in [0, 0.1) is 0 Å². The van der Waals surface area contributed by atoms with E-state index in [0.29, 0.717) is 0 Å². The molecular formula is C14H22N2O2. The fraction of sp³-hybridized carbons (Fsp3) is 0.500. The monoisotopic (exact) mass is 250 g/mol. The molecule has 0 heterocycles. The number of rotatable bonds is 6. The predicted molar refractivity (Wildman–Crippen MR) is 72.9 cm³/mol. The lowest BCUT2D eigenvalue weighted by atomic mass is 10.0. The Morgan fingerprint density at radius 1 is 1.44 bits per heavy atom. The molecular weight excluding hydrogens is 228 g/mol. The van der Waals surface area contributed by atoms with Gasteiger partial charge in [0.15, 0.2) is 0 Å². The summed E-state index contributed by atoms with van der Waals surface area (Å²) in [6.07, 6.45) is 2.56. The van der Waals surface area contributed by atoms with E-state index in [-0.39, 0.29) is 6.04 Å². The van der Waals surface area contributed by atoms with E-state index in [0.717, 1.165) is 30.6 Å². The first-order valence-electron chi connectivity index (χ1n) is 6.32. The van der Waals surface area contributed by atoms with E-state index in [1.807, 2.05) is 13.0 Å². The van der Waals surface area contributed by atoms with Gasteiger partial charge in [-0.15, -0.1) is 0 Å². The molecule has 0 saturated carbocycles. The van der Waals surface area contributed by atoms with E-state index in [2.05, 4.69) is 24.4 Å². The first kappa shape index (κ1) is 14.4. The number of aryl methyl sites for hydroxylation is 1. The minimum Gasteiger partial charge on any atom is -0.496 e. The van der Waals surface area contributed by atoms with Crippen molar-refractivity contribution < 1.29 is 9.53 Å². The first-order valence-corrected chi connectivity index (χ1v) is 6.32. The lowest BCUT2D eigenvalue weighted by Gasteiger charge is -2.16. The van der Waals surface area contributed by atoms with Crippen LogP contribution in [-0.2, 0) is 12.8 Å². The maximum atomic E-state index is 10.9. The molecule has 0 aliphatic rings. The van der Waals surface area contributed by atoms with Crippen molar-refractivity contribution in [1.29, 1.82) is 0 Å². The molecule has 0 saturated heterocycles. The van der Waals surface area contributed by atoms with Gasteiger partial charge in [0.1, 0.15) is 5.75 Å². The number of ether oxygens (including phenoxy) is 1. The third-order valence-corrected chi connectivity index (χ3v) is 3.05. The van der Waals surface area contributed by atoms with E-state index >= 15 is 0 Å². The van der Waals surface area contributed by atoms with E-state index < -0.39 is 6.03 Å². The van der Waals surface area contributed by atoms with Crippen LogP contribution in [0.5, 0.6) is 5.75 Å². The number of primary amides is 1. The zero-order valence-electron chi connectivity index (χ0n) is 11.3. The third kappa shape index (κ3) is 3.95. The van der Waals surface area contributed by atoms with Gasteiger partial charge in [0.2, 0.25) is 0 Å². The van der Waals surface area contributed by atoms with Crippen molar-refractivity contribution in [3.8, 4) is 5.75 Å². The van der Waals surface area contributed by atoms with Gasteiger partial charge in [0.25, 0.3) is 0 Å². The van der Waals surface area contributed by atoms with E-state index in [1.165, 1.54) is 5.56 Å². The molecule has 0 aliphatic heterocycles. The molecule has 3 N–H and O–H groups in total. The topological polar surface area (TPSA) is 64.3 Å². The largest absolute Gasteiger partial charge is 0.496 e. The summed E-state index contributed by atoms with van der Waals surface area (Å²) < 4.78 is 5.36. The summed E-state index contributed by atoms with van der Waals surface area (Å²) in [5.74, 6) is 0.906. The number of carbonyl (C=O) groups excluding carboxylic acids is 1. The van der Waals surface area contributed by atoms with Gasteiger partial charge < -0.3 is 15.8 Å². The molecule has 1 aromatic rings. The lowest BCUT2D eigenvalue weighted by Crippen LogP contribution is -2.39. The van der Waals surface area contributed by atoms with Gasteiger partial charge in [0, 0.05) is 6.04 Å². The van der Waals surface area contributed by atoms with Gasteiger partial charge in [-0.2, -0.15) is 0 Å². The molecule has 0 radical (unpaired) electrons. The van der Waals surface area contributed by atoms with E-state index in [1.54, 1.807) is 7.11 Å². The Balaban J connectivity index is 2.80. The Morgan fingerprint density at radius 2 is 2.17 bits per heavy atom. The molecule has 1 aromatic carbocycles. The smallest absolute Gasteiger partial charge is 0.312 e. The van der Waals surface area contributed by atoms with Crippen LogP contribution in [-0.4, -0.2) is 19.2 Å². The standard InChI is InChI=1S/C14H22N2O2/c1-4-11-7-6-10(9-13(11)18-3)8-12(5-2)16-14(15)17/h6-7,9,12H,4-5,8H2,1-3H3,(H3,15,16,17). The molecule has 0 spiro atoms. The summed E-state index contributed by atoms with van der Waals surface area (Å²) >= 11 is 0. The molecule has 4 heteroatoms. The molecule has 18 heavy (non-hydrogen) atoms. The van der Waals surface area contributed by atoms with Crippen LogP contribution in [0.4, 0.5) is 4.79 Å². The molecule has 1 rings (SSSR count). The maximum Gasteiger partial charge on any atom is 0.312 e. The van der Waals surface area contributed by atoms with Crippen LogP contribution in [0.2, 0.25) is 0 Å². The Labute approximate surface area is 109 Å². The average Bonchev–Trinajstić information content (AvgIpc) is 2.37. The zero-order valence-corrected chi connectivity index (χ0v) is 11.3. The van der Waals surface area contributed by atoms with Crippen molar-refractivity contribution >= 4 is 6.03 Å². The fourth-order valence-corrected chi connectivity index (χ4v) is 1.99. The Hall–Kier alpha value is -1.71. The quantitative estimate of drug-likeness (QED) is 0.813. The second kappa shape index (κ2) is 6.89. The molecule has 2 amide bonds. The van der Waals surface area contributed by atoms with Gasteiger partial charge in [-0.1, -0.05) is 26.0 Å². The van der Waals surface area contributed by atoms with Crippen molar-refractivity contribution in [3.63, 3.8) is 0 Å². The average molecular weight is 250 g/mol. The van der Waals surface area contributed by atoms with E-state index in [9.17, 15) is 4.79 Å². The van der Waals surface area contributed by atoms with Gasteiger partial charge >= 0.3 is 6.03 Å². The van der Waals surface area contributed by atoms with Crippen LogP contribution < -0.4 is 15.8 Å². The molecule has 0 aromatic heterocycles. The number of urea groups is 1. The van der Waals surface area contributed by atoms with Crippen molar-refractivity contribution in [2.75, 3.05) is 7.11 Å². The summed E-state index contributed by atoms with van der Waals surface area (Å²) in [7, 11) is 1.68. The number of nitrogens with two attached hydrogens (primary N) is 1. The maximum absolute atomic E-state index is 10.9. The molecule has 0 fully saturated rings. The zero-order chi connectivity index (χ0) is 13.5. The molecule has 4 nitrogen and oxygen atoms in total. The van der Waals surface area contributed by atoms with Gasteiger partial charge in [-0.3, -0.25) is 0 Å². The van der Waals surface area contributed by atoms with Crippen LogP contribution in [0.1, 0.15) is 31.4 Å². The van der Waals surface area contributed by atoms with Gasteiger partial charge in [-0.05, 0) is 36.5 Å². The third-order valence-electron chi connectivity index (χ3n) is 3.05. The van der Waals surface area contributed by atoms with Crippen molar-refractivity contribution in [1.82, 2.24) is 5.32 Å². The molecule has 1 atom stereocenters. The number of hydrogen-bond acceptors (Lipinski definition) is 2. The molecule has 0 aliphatic carbocycles. The SMILES string of the molecule is CCc1ccc(CC(CC)NC(N)=O)cc1OC. The minimum atomic E-state index is -0.473. The van der Waals surface area contributed by atoms with Gasteiger partial charge in [0.05, 0.1) is 7.11 Å². The highest BCUT2D eigenvalue weighted by atomic mass is 16.5. The summed E-state index contributed by atoms with van der Waals surface area (Å²) in [6.45, 7) is 4.12. The predicted octanol–water partition coefficient (Wildman–Crippen LogP) is 2.25. The number of hydrogen-bond donors (Lipinski definition) is 2. The number of amides is 2. The highest BCUT2D eigenvalue weighted by molar-refractivity contribution is 5.72. The highest BCUT2D eigenvalue weighted by Gasteiger charge is 2.10. The van der Waals surface area contributed by atoms with Crippen molar-refractivity contribution in [2.45, 2.75) is 39.2 Å². The number of benzene rings is 1. The van der Waals surface area contributed by atoms with Crippen LogP contribution in [0.15, 0.2) is 18.2 Å². The second-order valence-electron chi connectivity index (χ2n) is 4.32. The normalized spacial score (nSPS) is 11.9. The summed E-state index contributed by atoms with van der Waals surface area (Å²) in [5, 5.41) is 2.74. The number of methoxy groups -OCH3 is 1. The highest BCUT2D eigenvalue weighted by Crippen LogP contribution is 2.21. The van der Waals surface area contributed by atoms with E-state index in [4.69, 9.17) is 10.5 Å². The lowest BCUT2D eigenvalue weighted by molar-refractivity contribution is 0.244.